The number of carbonyl (C=O) groups excluding carboxylic acids is 3. The molecular weight excluding hydrogens is 377 g/mol. The van der Waals surface area contributed by atoms with Crippen LogP contribution in [0.25, 0.3) is 0 Å². The van der Waals surface area contributed by atoms with Crippen LogP contribution in [0.5, 0.6) is 0 Å². The summed E-state index contributed by atoms with van der Waals surface area (Å²) in [6.07, 6.45) is 1.09. The molecule has 8 heteroatoms. The Morgan fingerprint density at radius 1 is 1.17 bits per heavy atom. The van der Waals surface area contributed by atoms with Crippen LogP contribution in [-0.4, -0.2) is 54.6 Å². The van der Waals surface area contributed by atoms with Crippen molar-refractivity contribution in [3.8, 4) is 0 Å². The maximum Gasteiger partial charge on any atom is 0.408 e. The zero-order valence-corrected chi connectivity index (χ0v) is 17.3. The largest absolute Gasteiger partial charge is 0.444 e. The van der Waals surface area contributed by atoms with Crippen LogP contribution in [-0.2, 0) is 20.7 Å². The van der Waals surface area contributed by atoms with Gasteiger partial charge in [0.1, 0.15) is 18.0 Å². The summed E-state index contributed by atoms with van der Waals surface area (Å²) in [6, 6.07) is 6.01. The van der Waals surface area contributed by atoms with Gasteiger partial charge in [0, 0.05) is 19.6 Å². The number of carbonyl (C=O) groups is 3. The predicted molar refractivity (Wildman–Crippen MR) is 107 cm³/mol. The molecule has 0 spiro atoms. The molecule has 7 nitrogen and oxygen atoms in total. The van der Waals surface area contributed by atoms with Gasteiger partial charge in [0.2, 0.25) is 11.8 Å². The van der Waals surface area contributed by atoms with Crippen molar-refractivity contribution in [2.75, 3.05) is 26.2 Å². The second-order valence-electron chi connectivity index (χ2n) is 8.29. The number of benzene rings is 1. The first-order valence-electron chi connectivity index (χ1n) is 9.88. The highest BCUT2D eigenvalue weighted by atomic mass is 19.1. The molecule has 0 radical (unpaired) electrons. The topological polar surface area (TPSA) is 87.7 Å². The van der Waals surface area contributed by atoms with Crippen LogP contribution in [0.4, 0.5) is 9.18 Å². The number of amides is 3. The molecule has 1 fully saturated rings. The number of hydrogen-bond donors (Lipinski definition) is 2. The van der Waals surface area contributed by atoms with E-state index in [9.17, 15) is 18.8 Å². The minimum absolute atomic E-state index is 0.0933. The second kappa shape index (κ2) is 10.2. The summed E-state index contributed by atoms with van der Waals surface area (Å²) >= 11 is 0. The standard InChI is InChI=1S/C21H30FN3O4/c1-21(2,3)29-20(28)24-14-19(27)25-9-7-15(8-10-25)13-23-18(26)12-16-5-4-6-17(22)11-16/h4-6,11,15H,7-10,12-14H2,1-3H3,(H,23,26)(H,24,28). The molecule has 0 aromatic heterocycles. The maximum atomic E-state index is 13.2. The van der Waals surface area contributed by atoms with Gasteiger partial charge in [-0.3, -0.25) is 9.59 Å². The molecule has 2 N–H and O–H groups in total. The molecule has 1 aliphatic rings. The van der Waals surface area contributed by atoms with Crippen LogP contribution in [0.2, 0.25) is 0 Å². The number of piperidine rings is 1. The van der Waals surface area contributed by atoms with E-state index >= 15 is 0 Å². The van der Waals surface area contributed by atoms with Gasteiger partial charge in [-0.15, -0.1) is 0 Å². The van der Waals surface area contributed by atoms with Gasteiger partial charge >= 0.3 is 6.09 Å². The molecule has 1 aliphatic heterocycles. The molecule has 160 valence electrons. The van der Waals surface area contributed by atoms with Crippen molar-refractivity contribution in [2.24, 2.45) is 5.92 Å². The molecule has 1 heterocycles. The van der Waals surface area contributed by atoms with Crippen molar-refractivity contribution in [1.82, 2.24) is 15.5 Å². The van der Waals surface area contributed by atoms with Crippen molar-refractivity contribution >= 4 is 17.9 Å². The summed E-state index contributed by atoms with van der Waals surface area (Å²) < 4.78 is 18.3. The summed E-state index contributed by atoms with van der Waals surface area (Å²) in [4.78, 5) is 37.6. The van der Waals surface area contributed by atoms with E-state index in [1.54, 1.807) is 37.8 Å². The Labute approximate surface area is 171 Å². The molecule has 3 amide bonds. The van der Waals surface area contributed by atoms with E-state index in [4.69, 9.17) is 4.74 Å². The van der Waals surface area contributed by atoms with Crippen molar-refractivity contribution in [2.45, 2.75) is 45.6 Å². The molecule has 1 saturated heterocycles. The number of nitrogens with zero attached hydrogens (tertiary/aromatic N) is 1. The van der Waals surface area contributed by atoms with Gasteiger partial charge in [-0.2, -0.15) is 0 Å². The fourth-order valence-electron chi connectivity index (χ4n) is 3.11. The van der Waals surface area contributed by atoms with Gasteiger partial charge < -0.3 is 20.3 Å². The number of alkyl carbamates (subject to hydrolysis) is 1. The zero-order valence-electron chi connectivity index (χ0n) is 17.3. The fourth-order valence-corrected chi connectivity index (χ4v) is 3.11. The normalized spacial score (nSPS) is 15.0. The lowest BCUT2D eigenvalue weighted by molar-refractivity contribution is -0.131. The number of likely N-dealkylation sites (tertiary alicyclic amines) is 1. The van der Waals surface area contributed by atoms with Gasteiger partial charge in [-0.1, -0.05) is 12.1 Å². The van der Waals surface area contributed by atoms with Crippen LogP contribution in [0.3, 0.4) is 0 Å². The minimum Gasteiger partial charge on any atom is -0.444 e. The van der Waals surface area contributed by atoms with E-state index in [1.807, 2.05) is 0 Å². The van der Waals surface area contributed by atoms with Crippen LogP contribution in [0.15, 0.2) is 24.3 Å². The fraction of sp³-hybridized carbons (Fsp3) is 0.571. The zero-order chi connectivity index (χ0) is 21.4. The van der Waals surface area contributed by atoms with Crippen LogP contribution >= 0.6 is 0 Å². The highest BCUT2D eigenvalue weighted by Crippen LogP contribution is 2.16. The Hall–Kier alpha value is -2.64. The molecule has 2 rings (SSSR count). The number of rotatable bonds is 6. The lowest BCUT2D eigenvalue weighted by atomic mass is 9.96. The van der Waals surface area contributed by atoms with E-state index in [2.05, 4.69) is 10.6 Å². The number of hydrogen-bond acceptors (Lipinski definition) is 4. The lowest BCUT2D eigenvalue weighted by Gasteiger charge is -2.32. The average Bonchev–Trinajstić information content (AvgIpc) is 2.63. The van der Waals surface area contributed by atoms with E-state index in [0.29, 0.717) is 25.2 Å². The van der Waals surface area contributed by atoms with E-state index in [1.165, 1.54) is 12.1 Å². The number of nitrogens with one attached hydrogen (secondary N) is 2. The highest BCUT2D eigenvalue weighted by Gasteiger charge is 2.24. The molecule has 0 aliphatic carbocycles. The number of halogens is 1. The second-order valence-corrected chi connectivity index (χ2v) is 8.29. The van der Waals surface area contributed by atoms with Crippen LogP contribution in [0, 0.1) is 11.7 Å². The number of ether oxygens (including phenoxy) is 1. The third kappa shape index (κ3) is 8.50. The Kier molecular flexibility index (Phi) is 7.99. The molecule has 1 aromatic rings. The maximum absolute atomic E-state index is 13.2. The smallest absolute Gasteiger partial charge is 0.408 e. The summed E-state index contributed by atoms with van der Waals surface area (Å²) in [5.41, 5.74) is 0.0327. The Morgan fingerprint density at radius 3 is 2.48 bits per heavy atom. The first-order valence-corrected chi connectivity index (χ1v) is 9.88. The van der Waals surface area contributed by atoms with Gasteiger partial charge in [-0.25, -0.2) is 9.18 Å². The van der Waals surface area contributed by atoms with Crippen LogP contribution < -0.4 is 10.6 Å². The van der Waals surface area contributed by atoms with Gasteiger partial charge in [0.05, 0.1) is 6.42 Å². The van der Waals surface area contributed by atoms with Crippen molar-refractivity contribution in [3.63, 3.8) is 0 Å². The quantitative estimate of drug-likeness (QED) is 0.757. The van der Waals surface area contributed by atoms with Crippen LogP contribution in [0.1, 0.15) is 39.2 Å². The summed E-state index contributed by atoms with van der Waals surface area (Å²) in [6.45, 7) is 6.89. The third-order valence-electron chi connectivity index (χ3n) is 4.59. The first kappa shape index (κ1) is 22.6. The predicted octanol–water partition coefficient (Wildman–Crippen LogP) is 2.25. The van der Waals surface area contributed by atoms with Gasteiger partial charge in [0.25, 0.3) is 0 Å². The lowest BCUT2D eigenvalue weighted by Crippen LogP contribution is -2.46. The van der Waals surface area contributed by atoms with E-state index in [0.717, 1.165) is 12.8 Å². The summed E-state index contributed by atoms with van der Waals surface area (Å²) in [5.74, 6) is -0.358. The molecular formula is C21H30FN3O4. The van der Waals surface area contributed by atoms with Gasteiger partial charge in [-0.05, 0) is 57.2 Å². The molecule has 1 aromatic carbocycles. The van der Waals surface area contributed by atoms with E-state index < -0.39 is 11.7 Å². The molecule has 0 unspecified atom stereocenters. The Morgan fingerprint density at radius 2 is 1.86 bits per heavy atom. The minimum atomic E-state index is -0.609. The summed E-state index contributed by atoms with van der Waals surface area (Å²) in [5, 5.41) is 5.37. The molecule has 29 heavy (non-hydrogen) atoms. The first-order chi connectivity index (χ1) is 13.6. The molecule has 0 atom stereocenters. The van der Waals surface area contributed by atoms with Crippen molar-refractivity contribution < 1.29 is 23.5 Å². The molecule has 0 saturated carbocycles. The van der Waals surface area contributed by atoms with E-state index in [-0.39, 0.29) is 36.5 Å². The van der Waals surface area contributed by atoms with Crippen molar-refractivity contribution in [3.05, 3.63) is 35.6 Å². The SMILES string of the molecule is CC(C)(C)OC(=O)NCC(=O)N1CCC(CNC(=O)Cc2cccc(F)c2)CC1. The summed E-state index contributed by atoms with van der Waals surface area (Å²) in [7, 11) is 0. The Balaban J connectivity index is 1.65. The third-order valence-corrected chi connectivity index (χ3v) is 4.59. The average molecular weight is 407 g/mol. The highest BCUT2D eigenvalue weighted by molar-refractivity contribution is 5.82. The Bertz CT molecular complexity index is 725. The monoisotopic (exact) mass is 407 g/mol. The molecule has 0 bridgehead atoms. The van der Waals surface area contributed by atoms with Crippen molar-refractivity contribution in [1.29, 1.82) is 0 Å². The van der Waals surface area contributed by atoms with Gasteiger partial charge in [0.15, 0.2) is 0 Å².